The number of aromatic nitrogens is 3. The van der Waals surface area contributed by atoms with Crippen LogP contribution in [0.3, 0.4) is 0 Å². The molecule has 0 saturated heterocycles. The second kappa shape index (κ2) is 5.27. The van der Waals surface area contributed by atoms with E-state index in [1.165, 1.54) is 6.07 Å². The lowest BCUT2D eigenvalue weighted by Gasteiger charge is -2.04. The maximum Gasteiger partial charge on any atom is 0.313 e. The van der Waals surface area contributed by atoms with Crippen molar-refractivity contribution in [3.63, 3.8) is 0 Å². The lowest BCUT2D eigenvalue weighted by Crippen LogP contribution is -2.13. The fourth-order valence-electron chi connectivity index (χ4n) is 1.50. The third-order valence-electron chi connectivity index (χ3n) is 2.35. The molecule has 0 amide bonds. The second-order valence-electron chi connectivity index (χ2n) is 3.84. The van der Waals surface area contributed by atoms with Gasteiger partial charge in [0.25, 0.3) is 0 Å². The summed E-state index contributed by atoms with van der Waals surface area (Å²) in [6.45, 7) is 1.82. The predicted molar refractivity (Wildman–Crippen MR) is 68.7 cm³/mol. The van der Waals surface area contributed by atoms with Crippen LogP contribution < -0.4 is 5.84 Å². The molecule has 1 heterocycles. The Labute approximate surface area is 112 Å². The van der Waals surface area contributed by atoms with Crippen molar-refractivity contribution in [2.24, 2.45) is 0 Å². The van der Waals surface area contributed by atoms with E-state index in [1.54, 1.807) is 12.1 Å². The molecule has 2 rings (SSSR count). The van der Waals surface area contributed by atoms with E-state index in [4.69, 9.17) is 10.9 Å². The van der Waals surface area contributed by atoms with Crippen molar-refractivity contribution < 1.29 is 14.3 Å². The minimum absolute atomic E-state index is 0.161. The zero-order valence-electron chi connectivity index (χ0n) is 10.00. The van der Waals surface area contributed by atoms with Gasteiger partial charge in [0, 0.05) is 0 Å². The number of nitrogens with zero attached hydrogens (tertiary/aromatic N) is 3. The topological polar surface area (TPSA) is 94.0 Å². The lowest BCUT2D eigenvalue weighted by molar-refractivity contribution is -0.133. The van der Waals surface area contributed by atoms with Crippen molar-refractivity contribution in [3.05, 3.63) is 29.6 Å². The molecule has 100 valence electrons. The molecular formula is C11H11FN4O2S. The van der Waals surface area contributed by atoms with Gasteiger partial charge in [-0.1, -0.05) is 23.4 Å². The van der Waals surface area contributed by atoms with Gasteiger partial charge in [0.2, 0.25) is 5.16 Å². The summed E-state index contributed by atoms with van der Waals surface area (Å²) >= 11 is 0.923. The molecule has 19 heavy (non-hydrogen) atoms. The van der Waals surface area contributed by atoms with Gasteiger partial charge in [0.05, 0.1) is 11.3 Å². The molecule has 0 aliphatic carbocycles. The first-order valence-electron chi connectivity index (χ1n) is 5.30. The van der Waals surface area contributed by atoms with Crippen LogP contribution in [-0.2, 0) is 4.79 Å². The molecule has 0 fully saturated rings. The van der Waals surface area contributed by atoms with E-state index < -0.39 is 11.8 Å². The van der Waals surface area contributed by atoms with E-state index in [-0.39, 0.29) is 22.3 Å². The summed E-state index contributed by atoms with van der Waals surface area (Å²) in [4.78, 5) is 10.5. The van der Waals surface area contributed by atoms with Crippen molar-refractivity contribution in [1.29, 1.82) is 0 Å². The number of aryl methyl sites for hydroxylation is 1. The Kier molecular flexibility index (Phi) is 3.70. The number of carboxylic acids is 1. The van der Waals surface area contributed by atoms with E-state index in [1.807, 2.05) is 6.92 Å². The number of benzene rings is 1. The van der Waals surface area contributed by atoms with Crippen LogP contribution in [0.2, 0.25) is 0 Å². The fourth-order valence-corrected chi connectivity index (χ4v) is 2.07. The van der Waals surface area contributed by atoms with Crippen molar-refractivity contribution >= 4 is 17.7 Å². The number of halogens is 1. The molecule has 0 unspecified atom stereocenters. The minimum Gasteiger partial charge on any atom is -0.481 e. The van der Waals surface area contributed by atoms with E-state index in [2.05, 4.69) is 10.2 Å². The fraction of sp³-hybridized carbons (Fsp3) is 0.182. The minimum atomic E-state index is -0.990. The van der Waals surface area contributed by atoms with Crippen LogP contribution >= 0.6 is 11.8 Å². The van der Waals surface area contributed by atoms with Crippen LogP contribution in [0, 0.1) is 12.7 Å². The second-order valence-corrected chi connectivity index (χ2v) is 4.78. The first-order valence-corrected chi connectivity index (χ1v) is 6.29. The molecule has 0 bridgehead atoms. The highest BCUT2D eigenvalue weighted by Crippen LogP contribution is 2.24. The Balaban J connectivity index is 2.36. The maximum atomic E-state index is 13.7. The van der Waals surface area contributed by atoms with Gasteiger partial charge in [-0.2, -0.15) is 0 Å². The van der Waals surface area contributed by atoms with Gasteiger partial charge in [0.15, 0.2) is 5.82 Å². The van der Waals surface area contributed by atoms with Crippen molar-refractivity contribution in [2.45, 2.75) is 12.1 Å². The average molecular weight is 282 g/mol. The SMILES string of the molecule is Cc1ccc(F)c(-c2nnc(SCC(=O)O)n2N)c1. The number of hydrogen-bond acceptors (Lipinski definition) is 5. The predicted octanol–water partition coefficient (Wildman–Crippen LogP) is 1.28. The number of rotatable bonds is 4. The summed E-state index contributed by atoms with van der Waals surface area (Å²) in [5, 5.41) is 16.4. The molecule has 8 heteroatoms. The van der Waals surface area contributed by atoms with Crippen LogP contribution in [0.25, 0.3) is 11.4 Å². The Morgan fingerprint density at radius 2 is 2.26 bits per heavy atom. The molecular weight excluding hydrogens is 271 g/mol. The van der Waals surface area contributed by atoms with Crippen molar-refractivity contribution in [1.82, 2.24) is 14.9 Å². The average Bonchev–Trinajstić information content (AvgIpc) is 2.71. The Bertz CT molecular complexity index is 629. The Morgan fingerprint density at radius 3 is 2.95 bits per heavy atom. The van der Waals surface area contributed by atoms with Gasteiger partial charge >= 0.3 is 5.97 Å². The monoisotopic (exact) mass is 282 g/mol. The van der Waals surface area contributed by atoms with E-state index in [0.717, 1.165) is 22.0 Å². The first-order chi connectivity index (χ1) is 8.99. The van der Waals surface area contributed by atoms with Gasteiger partial charge in [-0.05, 0) is 19.1 Å². The van der Waals surface area contributed by atoms with Crippen LogP contribution in [0.4, 0.5) is 4.39 Å². The molecule has 1 aromatic carbocycles. The summed E-state index contributed by atoms with van der Waals surface area (Å²) in [5.41, 5.74) is 1.09. The molecule has 0 saturated carbocycles. The van der Waals surface area contributed by atoms with Crippen LogP contribution in [0.5, 0.6) is 0 Å². The Morgan fingerprint density at radius 1 is 1.53 bits per heavy atom. The summed E-state index contributed by atoms with van der Waals surface area (Å²) in [5.74, 6) is 4.28. The van der Waals surface area contributed by atoms with Crippen molar-refractivity contribution in [2.75, 3.05) is 11.6 Å². The van der Waals surface area contributed by atoms with Gasteiger partial charge in [0.1, 0.15) is 5.82 Å². The van der Waals surface area contributed by atoms with Gasteiger partial charge in [-0.25, -0.2) is 9.07 Å². The summed E-state index contributed by atoms with van der Waals surface area (Å²) < 4.78 is 14.8. The molecule has 3 N–H and O–H groups in total. The number of nitrogens with two attached hydrogens (primary N) is 1. The number of nitrogen functional groups attached to an aromatic ring is 1. The van der Waals surface area contributed by atoms with Crippen LogP contribution in [-0.4, -0.2) is 31.7 Å². The maximum absolute atomic E-state index is 13.7. The lowest BCUT2D eigenvalue weighted by atomic mass is 10.1. The molecule has 0 atom stereocenters. The van der Waals surface area contributed by atoms with Crippen molar-refractivity contribution in [3.8, 4) is 11.4 Å². The van der Waals surface area contributed by atoms with Gasteiger partial charge in [-0.15, -0.1) is 10.2 Å². The van der Waals surface area contributed by atoms with E-state index in [0.29, 0.717) is 0 Å². The van der Waals surface area contributed by atoms with E-state index in [9.17, 15) is 9.18 Å². The normalized spacial score (nSPS) is 10.6. The standard InChI is InChI=1S/C11H11FN4O2S/c1-6-2-3-8(12)7(4-6)10-14-15-11(16(10)13)19-5-9(17)18/h2-4H,5,13H2,1H3,(H,17,18). The number of hydrogen-bond donors (Lipinski definition) is 2. The molecule has 0 aliphatic rings. The summed E-state index contributed by atoms with van der Waals surface area (Å²) in [6, 6.07) is 4.56. The first kappa shape index (κ1) is 13.3. The molecule has 1 aromatic heterocycles. The molecule has 0 spiro atoms. The zero-order valence-corrected chi connectivity index (χ0v) is 10.8. The number of aliphatic carboxylic acids is 1. The number of thioether (sulfide) groups is 1. The summed E-state index contributed by atoms with van der Waals surface area (Å²) in [7, 11) is 0. The van der Waals surface area contributed by atoms with Crippen LogP contribution in [0.15, 0.2) is 23.4 Å². The third-order valence-corrected chi connectivity index (χ3v) is 3.28. The molecule has 0 radical (unpaired) electrons. The highest BCUT2D eigenvalue weighted by Gasteiger charge is 2.16. The molecule has 0 aliphatic heterocycles. The highest BCUT2D eigenvalue weighted by atomic mass is 32.2. The number of carboxylic acid groups (broad SMARTS) is 1. The molecule has 6 nitrogen and oxygen atoms in total. The summed E-state index contributed by atoms with van der Waals surface area (Å²) in [6.07, 6.45) is 0. The smallest absolute Gasteiger partial charge is 0.313 e. The Hall–Kier alpha value is -2.09. The molecule has 2 aromatic rings. The quantitative estimate of drug-likeness (QED) is 0.648. The zero-order chi connectivity index (χ0) is 14.0. The largest absolute Gasteiger partial charge is 0.481 e. The van der Waals surface area contributed by atoms with Crippen LogP contribution in [0.1, 0.15) is 5.56 Å². The van der Waals surface area contributed by atoms with E-state index >= 15 is 0 Å². The third kappa shape index (κ3) is 2.84. The number of carbonyl (C=O) groups is 1. The highest BCUT2D eigenvalue weighted by molar-refractivity contribution is 7.99. The van der Waals surface area contributed by atoms with Gasteiger partial charge < -0.3 is 10.9 Å². The van der Waals surface area contributed by atoms with Gasteiger partial charge in [-0.3, -0.25) is 4.79 Å².